The van der Waals surface area contributed by atoms with E-state index < -0.39 is 17.4 Å². The van der Waals surface area contributed by atoms with E-state index in [1.807, 2.05) is 5.92 Å². The topological polar surface area (TPSA) is 67.2 Å². The molecular weight excluding hydrogens is 158 g/mol. The second kappa shape index (κ2) is 3.54. The van der Waals surface area contributed by atoms with Crippen LogP contribution in [0.4, 0.5) is 0 Å². The smallest absolute Gasteiger partial charge is 0.412 e. The molecule has 0 N–H and O–H groups in total. The van der Waals surface area contributed by atoms with Gasteiger partial charge in [-0.2, -0.15) is 5.26 Å². The molecule has 0 spiro atoms. The quantitative estimate of drug-likeness (QED) is 0.329. The molecule has 0 fully saturated rings. The highest BCUT2D eigenvalue weighted by Gasteiger charge is 2.31. The van der Waals surface area contributed by atoms with Gasteiger partial charge in [0.25, 0.3) is 0 Å². The molecular formula is C8H7NO3. The Balaban J connectivity index is 4.63. The van der Waals surface area contributed by atoms with Crippen LogP contribution in [0.2, 0.25) is 0 Å². The summed E-state index contributed by atoms with van der Waals surface area (Å²) in [4.78, 5) is 21.3. The predicted octanol–water partition coefficient (Wildman–Crippen LogP) is 0.0341. The van der Waals surface area contributed by atoms with Gasteiger partial charge >= 0.3 is 5.97 Å². The molecule has 0 aromatic carbocycles. The van der Waals surface area contributed by atoms with Gasteiger partial charge in [0, 0.05) is 0 Å². The van der Waals surface area contributed by atoms with E-state index in [0.29, 0.717) is 0 Å². The third-order valence-corrected chi connectivity index (χ3v) is 1.34. The lowest BCUT2D eigenvalue weighted by Crippen LogP contribution is -2.36. The van der Waals surface area contributed by atoms with Crippen molar-refractivity contribution in [3.05, 3.63) is 0 Å². The van der Waals surface area contributed by atoms with E-state index in [1.54, 1.807) is 0 Å². The summed E-state index contributed by atoms with van der Waals surface area (Å²) in [7, 11) is 0. The normalized spacial score (nSPS) is 13.3. The maximum absolute atomic E-state index is 10.8. The van der Waals surface area contributed by atoms with Crippen molar-refractivity contribution >= 4 is 11.8 Å². The molecule has 1 unspecified atom stereocenters. The highest BCUT2D eigenvalue weighted by molar-refractivity contribution is 5.94. The lowest BCUT2D eigenvalue weighted by Gasteiger charge is -2.17. The molecule has 4 nitrogen and oxygen atoms in total. The summed E-state index contributed by atoms with van der Waals surface area (Å²) >= 11 is 0. The van der Waals surface area contributed by atoms with Gasteiger partial charge in [-0.1, -0.05) is 5.92 Å². The van der Waals surface area contributed by atoms with Gasteiger partial charge in [0.2, 0.25) is 5.60 Å². The standard InChI is InChI=1S/C8H7NO3/c1-4-8(3,6(2)10)12-7(11)5-9/h1H,2-3H3. The third kappa shape index (κ3) is 2.10. The van der Waals surface area contributed by atoms with Gasteiger partial charge in [-0.25, -0.2) is 4.79 Å². The number of carbonyl (C=O) groups excluding carboxylic acids is 2. The number of hydrogen-bond acceptors (Lipinski definition) is 4. The average Bonchev–Trinajstić information content (AvgIpc) is 2.03. The Morgan fingerprint density at radius 1 is 1.58 bits per heavy atom. The minimum atomic E-state index is -1.62. The first kappa shape index (κ1) is 10.2. The Hall–Kier alpha value is -1.81. The van der Waals surface area contributed by atoms with Crippen molar-refractivity contribution in [3.8, 4) is 18.4 Å². The van der Waals surface area contributed by atoms with Crippen molar-refractivity contribution in [3.63, 3.8) is 0 Å². The Kier molecular flexibility index (Phi) is 3.01. The van der Waals surface area contributed by atoms with Crippen molar-refractivity contribution in [2.24, 2.45) is 0 Å². The van der Waals surface area contributed by atoms with Crippen LogP contribution >= 0.6 is 0 Å². The first-order valence-corrected chi connectivity index (χ1v) is 3.08. The molecule has 0 aromatic rings. The monoisotopic (exact) mass is 165 g/mol. The van der Waals surface area contributed by atoms with Gasteiger partial charge in [-0.3, -0.25) is 4.79 Å². The average molecular weight is 165 g/mol. The molecule has 0 rings (SSSR count). The van der Waals surface area contributed by atoms with Gasteiger partial charge in [-0.15, -0.1) is 6.42 Å². The zero-order valence-electron chi connectivity index (χ0n) is 6.75. The number of hydrogen-bond donors (Lipinski definition) is 0. The molecule has 12 heavy (non-hydrogen) atoms. The zero-order valence-corrected chi connectivity index (χ0v) is 6.75. The molecule has 62 valence electrons. The third-order valence-electron chi connectivity index (χ3n) is 1.34. The predicted molar refractivity (Wildman–Crippen MR) is 39.6 cm³/mol. The molecule has 0 saturated carbocycles. The lowest BCUT2D eigenvalue weighted by molar-refractivity contribution is -0.153. The minimum Gasteiger partial charge on any atom is -0.427 e. The number of nitrogens with zero attached hydrogens (tertiary/aromatic N) is 1. The van der Waals surface area contributed by atoms with E-state index in [4.69, 9.17) is 11.7 Å². The van der Waals surface area contributed by atoms with Crippen molar-refractivity contribution in [2.45, 2.75) is 19.4 Å². The summed E-state index contributed by atoms with van der Waals surface area (Å²) in [5, 5.41) is 8.07. The van der Waals surface area contributed by atoms with Crippen LogP contribution in [-0.4, -0.2) is 17.4 Å². The number of rotatable bonds is 2. The number of esters is 1. The number of ether oxygens (including phenoxy) is 1. The Labute approximate surface area is 70.1 Å². The second-order valence-electron chi connectivity index (χ2n) is 2.24. The second-order valence-corrected chi connectivity index (χ2v) is 2.24. The van der Waals surface area contributed by atoms with Gasteiger partial charge in [-0.05, 0) is 13.8 Å². The number of nitriles is 1. The Morgan fingerprint density at radius 2 is 2.08 bits per heavy atom. The highest BCUT2D eigenvalue weighted by atomic mass is 16.6. The van der Waals surface area contributed by atoms with Crippen LogP contribution in [0, 0.1) is 23.7 Å². The molecule has 0 aliphatic carbocycles. The lowest BCUT2D eigenvalue weighted by atomic mass is 10.0. The summed E-state index contributed by atoms with van der Waals surface area (Å²) in [5.74, 6) is 0.346. The molecule has 0 heterocycles. The number of Topliss-reactive ketones (excluding diaryl/α,β-unsaturated/α-hetero) is 1. The van der Waals surface area contributed by atoms with Crippen LogP contribution in [0.1, 0.15) is 13.8 Å². The molecule has 0 aliphatic heterocycles. The summed E-state index contributed by atoms with van der Waals surface area (Å²) in [6.07, 6.45) is 4.95. The number of ketones is 1. The van der Waals surface area contributed by atoms with Crippen LogP contribution in [0.15, 0.2) is 0 Å². The van der Waals surface area contributed by atoms with Crippen LogP contribution < -0.4 is 0 Å². The van der Waals surface area contributed by atoms with Crippen LogP contribution in [-0.2, 0) is 14.3 Å². The highest BCUT2D eigenvalue weighted by Crippen LogP contribution is 2.09. The first-order chi connectivity index (χ1) is 5.46. The van der Waals surface area contributed by atoms with Crippen molar-refractivity contribution in [2.75, 3.05) is 0 Å². The van der Waals surface area contributed by atoms with Crippen molar-refractivity contribution in [1.29, 1.82) is 5.26 Å². The maximum atomic E-state index is 10.8. The molecule has 1 atom stereocenters. The van der Waals surface area contributed by atoms with Crippen LogP contribution in [0.5, 0.6) is 0 Å². The Bertz CT molecular complexity index is 294. The summed E-state index contributed by atoms with van der Waals surface area (Å²) in [6, 6.07) is 1.20. The van der Waals surface area contributed by atoms with Crippen LogP contribution in [0.3, 0.4) is 0 Å². The Morgan fingerprint density at radius 3 is 2.33 bits per heavy atom. The number of terminal acetylenes is 1. The molecule has 0 saturated heterocycles. The summed E-state index contributed by atoms with van der Waals surface area (Å²) in [6.45, 7) is 2.44. The molecule has 0 radical (unpaired) electrons. The van der Waals surface area contributed by atoms with E-state index >= 15 is 0 Å². The van der Waals surface area contributed by atoms with E-state index in [2.05, 4.69) is 4.74 Å². The fourth-order valence-electron chi connectivity index (χ4n) is 0.411. The fourth-order valence-corrected chi connectivity index (χ4v) is 0.411. The van der Waals surface area contributed by atoms with Crippen molar-refractivity contribution in [1.82, 2.24) is 0 Å². The van der Waals surface area contributed by atoms with Gasteiger partial charge in [0.15, 0.2) is 11.9 Å². The van der Waals surface area contributed by atoms with Gasteiger partial charge in [0.05, 0.1) is 0 Å². The largest absolute Gasteiger partial charge is 0.427 e. The van der Waals surface area contributed by atoms with Crippen molar-refractivity contribution < 1.29 is 14.3 Å². The van der Waals surface area contributed by atoms with E-state index in [-0.39, 0.29) is 0 Å². The van der Waals surface area contributed by atoms with E-state index in [0.717, 1.165) is 0 Å². The maximum Gasteiger partial charge on any atom is 0.412 e. The number of carbonyl (C=O) groups is 2. The fraction of sp³-hybridized carbons (Fsp3) is 0.375. The SMILES string of the molecule is C#CC(C)(OC(=O)C#N)C(C)=O. The molecule has 4 heteroatoms. The molecule has 0 bridgehead atoms. The molecule has 0 amide bonds. The van der Waals surface area contributed by atoms with Gasteiger partial charge < -0.3 is 4.74 Å². The molecule has 0 aromatic heterocycles. The summed E-state index contributed by atoms with van der Waals surface area (Å²) < 4.78 is 4.41. The van der Waals surface area contributed by atoms with Crippen LogP contribution in [0.25, 0.3) is 0 Å². The first-order valence-electron chi connectivity index (χ1n) is 3.08. The summed E-state index contributed by atoms with van der Waals surface area (Å²) in [5.41, 5.74) is -1.62. The molecule has 0 aliphatic rings. The van der Waals surface area contributed by atoms with E-state index in [9.17, 15) is 9.59 Å². The van der Waals surface area contributed by atoms with Gasteiger partial charge in [0.1, 0.15) is 0 Å². The van der Waals surface area contributed by atoms with E-state index in [1.165, 1.54) is 19.9 Å². The zero-order chi connectivity index (χ0) is 9.78. The minimum absolute atomic E-state index is 0.492.